The van der Waals surface area contributed by atoms with E-state index in [-0.39, 0.29) is 18.7 Å². The smallest absolute Gasteiger partial charge is 0.305 e. The number of rotatable bonds is 31. The summed E-state index contributed by atoms with van der Waals surface area (Å²) in [6.07, 6.45) is 3.82. The van der Waals surface area contributed by atoms with Gasteiger partial charge in [-0.25, -0.2) is 4.98 Å². The Kier molecular flexibility index (Phi) is 21.8. The van der Waals surface area contributed by atoms with Gasteiger partial charge in [-0.05, 0) is 85.0 Å². The number of amides is 2. The normalized spacial score (nSPS) is 12.2. The second-order valence-electron chi connectivity index (χ2n) is 14.2. The second kappa shape index (κ2) is 27.6. The number of hydrogen-bond donors (Lipinski definition) is 6. The third-order valence-corrected chi connectivity index (χ3v) is 9.47. The molecule has 0 saturated carbocycles. The Morgan fingerprint density at radius 3 is 2.05 bits per heavy atom. The van der Waals surface area contributed by atoms with Crippen molar-refractivity contribution in [3.63, 3.8) is 0 Å². The maximum absolute atomic E-state index is 13.7. The summed E-state index contributed by atoms with van der Waals surface area (Å²) in [7, 11) is 0. The summed E-state index contributed by atoms with van der Waals surface area (Å²) in [5, 5.41) is 20.7. The number of ether oxygens (including phenoxy) is 5. The highest BCUT2D eigenvalue weighted by molar-refractivity contribution is 6.00. The summed E-state index contributed by atoms with van der Waals surface area (Å²) in [6.45, 7) is 7.63. The van der Waals surface area contributed by atoms with Gasteiger partial charge in [-0.2, -0.15) is 0 Å². The zero-order valence-electron chi connectivity index (χ0n) is 34.7. The van der Waals surface area contributed by atoms with Gasteiger partial charge in [0.15, 0.2) is 0 Å². The molecule has 15 heteroatoms. The molecule has 2 atom stereocenters. The minimum absolute atomic E-state index is 0.205. The van der Waals surface area contributed by atoms with E-state index in [1.54, 1.807) is 6.20 Å². The van der Waals surface area contributed by atoms with Crippen LogP contribution in [0, 0.1) is 6.92 Å². The predicted molar refractivity (Wildman–Crippen MR) is 232 cm³/mol. The molecule has 0 saturated heterocycles. The zero-order valence-corrected chi connectivity index (χ0v) is 34.7. The first-order chi connectivity index (χ1) is 29.3. The van der Waals surface area contributed by atoms with Crippen LogP contribution in [0.5, 0.6) is 5.75 Å². The Morgan fingerprint density at radius 2 is 1.40 bits per heavy atom. The number of unbranched alkanes of at least 4 members (excludes halogenated alkanes) is 1. The Morgan fingerprint density at radius 1 is 0.733 bits per heavy atom. The average Bonchev–Trinajstić information content (AvgIpc) is 3.24. The molecule has 0 bridgehead atoms. The Labute approximate surface area is 352 Å². The fraction of sp³-hybridized carbons (Fsp3) is 0.467. The summed E-state index contributed by atoms with van der Waals surface area (Å²) >= 11 is 0. The number of fused-ring (bicyclic) bond motifs is 1. The van der Waals surface area contributed by atoms with E-state index < -0.39 is 24.0 Å². The van der Waals surface area contributed by atoms with Gasteiger partial charge in [-0.1, -0.05) is 54.6 Å². The van der Waals surface area contributed by atoms with Gasteiger partial charge < -0.3 is 56.2 Å². The van der Waals surface area contributed by atoms with E-state index in [4.69, 9.17) is 35.2 Å². The van der Waals surface area contributed by atoms with Gasteiger partial charge in [0.1, 0.15) is 24.2 Å². The molecule has 3 aromatic carbocycles. The zero-order chi connectivity index (χ0) is 42.8. The van der Waals surface area contributed by atoms with E-state index in [1.165, 1.54) is 0 Å². The van der Waals surface area contributed by atoms with Crippen molar-refractivity contribution in [1.29, 1.82) is 0 Å². The fourth-order valence-electron chi connectivity index (χ4n) is 6.43. The molecule has 0 unspecified atom stereocenters. The number of nitrogens with zero attached hydrogens (tertiary/aromatic N) is 1. The van der Waals surface area contributed by atoms with Crippen LogP contribution in [0.1, 0.15) is 55.7 Å². The molecule has 8 N–H and O–H groups in total. The molecule has 0 aliphatic heterocycles. The molecule has 2 amide bonds. The molecule has 4 aromatic rings. The number of carbonyl (C=O) groups is 3. The molecule has 1 aromatic heterocycles. The molecule has 60 heavy (non-hydrogen) atoms. The van der Waals surface area contributed by atoms with Gasteiger partial charge in [-0.15, -0.1) is 0 Å². The number of hydrogen-bond acceptors (Lipinski definition) is 12. The number of aromatic nitrogens is 1. The van der Waals surface area contributed by atoms with E-state index in [2.05, 4.69) is 20.9 Å². The predicted octanol–water partition coefficient (Wildman–Crippen LogP) is 4.75. The molecule has 1 heterocycles. The van der Waals surface area contributed by atoms with Crippen molar-refractivity contribution in [2.45, 2.75) is 57.5 Å². The number of carboxylic acids is 1. The van der Waals surface area contributed by atoms with Crippen LogP contribution in [0.25, 0.3) is 21.9 Å². The number of benzene rings is 3. The van der Waals surface area contributed by atoms with Crippen LogP contribution in [0.2, 0.25) is 0 Å². The first-order valence-corrected chi connectivity index (χ1v) is 20.7. The number of pyridine rings is 1. The highest BCUT2D eigenvalue weighted by Gasteiger charge is 2.25. The molecular formula is C45H62N6O9. The molecule has 0 fully saturated rings. The third-order valence-electron chi connectivity index (χ3n) is 9.47. The maximum Gasteiger partial charge on any atom is 0.305 e. The number of carbonyl (C=O) groups excluding carboxylic acids is 2. The van der Waals surface area contributed by atoms with Gasteiger partial charge in [0.25, 0.3) is 0 Å². The Hall–Kier alpha value is -5.16. The average molecular weight is 831 g/mol. The number of aliphatic carboxylic acids is 1. The van der Waals surface area contributed by atoms with E-state index >= 15 is 0 Å². The highest BCUT2D eigenvalue weighted by atomic mass is 16.6. The van der Waals surface area contributed by atoms with Crippen molar-refractivity contribution in [2.24, 2.45) is 11.5 Å². The van der Waals surface area contributed by atoms with Crippen LogP contribution in [0.3, 0.4) is 0 Å². The first kappa shape index (κ1) is 47.5. The molecule has 0 radical (unpaired) electrons. The summed E-state index contributed by atoms with van der Waals surface area (Å²) in [4.78, 5) is 42.9. The number of nitrogens with two attached hydrogens (primary N) is 2. The summed E-state index contributed by atoms with van der Waals surface area (Å²) in [6, 6.07) is 21.5. The number of nitrogens with one attached hydrogen (secondary N) is 3. The standard InChI is InChI=1S/C45H62N6O9/c1-33-17-21-49-42(31-33)48-20-6-10-43(52)50-39(9-4-5-18-46)45(55)51-40(32-44(53)54)35-13-11-34(12-14-35)36-15-16-41(38-8-3-2-7-37(36)38)60-30-29-59-28-27-58-26-25-57-24-23-56-22-19-47/h2-3,7-8,11-17,21,31,39-40H,4-6,9-10,18-20,22-30,32,46-47H2,1H3,(H,48,49)(H,50,52)(H,51,55)(H,53,54)/t39-,40-/m0/s1. The van der Waals surface area contributed by atoms with E-state index in [0.29, 0.717) is 110 Å². The van der Waals surface area contributed by atoms with Crippen molar-refractivity contribution < 1.29 is 43.2 Å². The fourth-order valence-corrected chi connectivity index (χ4v) is 6.43. The largest absolute Gasteiger partial charge is 0.491 e. The second-order valence-corrected chi connectivity index (χ2v) is 14.2. The van der Waals surface area contributed by atoms with Crippen LogP contribution < -0.4 is 32.2 Å². The van der Waals surface area contributed by atoms with Gasteiger partial charge in [-0.3, -0.25) is 14.4 Å². The summed E-state index contributed by atoms with van der Waals surface area (Å²) < 4.78 is 28.0. The van der Waals surface area contributed by atoms with Crippen LogP contribution in [0.4, 0.5) is 5.82 Å². The molecular weight excluding hydrogens is 769 g/mol. The van der Waals surface area contributed by atoms with E-state index in [0.717, 1.165) is 39.0 Å². The van der Waals surface area contributed by atoms with E-state index in [9.17, 15) is 19.5 Å². The lowest BCUT2D eigenvalue weighted by molar-refractivity contribution is -0.138. The SMILES string of the molecule is Cc1ccnc(NCCCC(=O)N[C@@H](CCCCN)C(=O)N[C@@H](CC(=O)O)c2ccc(-c3ccc(OCCOCCOCCOCCOCCN)c4ccccc34)cc2)c1. The molecule has 4 rings (SSSR count). The molecule has 326 valence electrons. The minimum atomic E-state index is -1.06. The topological polar surface area (TPSA) is 219 Å². The van der Waals surface area contributed by atoms with Crippen LogP contribution in [-0.4, -0.2) is 113 Å². The Balaban J connectivity index is 1.31. The number of anilines is 1. The van der Waals surface area contributed by atoms with Crippen LogP contribution in [-0.2, 0) is 33.3 Å². The van der Waals surface area contributed by atoms with Crippen LogP contribution >= 0.6 is 0 Å². The van der Waals surface area contributed by atoms with Gasteiger partial charge >= 0.3 is 5.97 Å². The summed E-state index contributed by atoms with van der Waals surface area (Å²) in [5.41, 5.74) is 14.7. The molecule has 0 spiro atoms. The number of carboxylic acid groups (broad SMARTS) is 1. The van der Waals surface area contributed by atoms with Crippen LogP contribution in [0.15, 0.2) is 79.0 Å². The van der Waals surface area contributed by atoms with Gasteiger partial charge in [0.2, 0.25) is 11.8 Å². The monoisotopic (exact) mass is 830 g/mol. The van der Waals surface area contributed by atoms with Gasteiger partial charge in [0, 0.05) is 31.1 Å². The van der Waals surface area contributed by atoms with Gasteiger partial charge in [0.05, 0.1) is 65.3 Å². The lowest BCUT2D eigenvalue weighted by Crippen LogP contribution is -2.48. The third kappa shape index (κ3) is 17.2. The van der Waals surface area contributed by atoms with Crippen molar-refractivity contribution in [2.75, 3.05) is 84.4 Å². The quantitative estimate of drug-likeness (QED) is 0.0378. The summed E-state index contributed by atoms with van der Waals surface area (Å²) in [5.74, 6) is -0.309. The lowest BCUT2D eigenvalue weighted by Gasteiger charge is -2.23. The van der Waals surface area contributed by atoms with Crippen molar-refractivity contribution in [3.8, 4) is 16.9 Å². The number of aryl methyl sites for hydroxylation is 1. The van der Waals surface area contributed by atoms with Crippen molar-refractivity contribution >= 4 is 34.4 Å². The maximum atomic E-state index is 13.7. The van der Waals surface area contributed by atoms with Crippen molar-refractivity contribution in [1.82, 2.24) is 15.6 Å². The Bertz CT molecular complexity index is 1880. The van der Waals surface area contributed by atoms with E-state index in [1.807, 2.05) is 79.7 Å². The lowest BCUT2D eigenvalue weighted by atomic mass is 9.95. The first-order valence-electron chi connectivity index (χ1n) is 20.7. The molecule has 0 aliphatic rings. The minimum Gasteiger partial charge on any atom is -0.491 e. The molecule has 0 aliphatic carbocycles. The highest BCUT2D eigenvalue weighted by Crippen LogP contribution is 2.35. The van der Waals surface area contributed by atoms with Crippen molar-refractivity contribution in [3.05, 3.63) is 90.1 Å². The molecule has 15 nitrogen and oxygen atoms in total.